The zero-order valence-electron chi connectivity index (χ0n) is 19.2. The Hall–Kier alpha value is -3.73. The van der Waals surface area contributed by atoms with Crippen LogP contribution < -0.4 is 5.32 Å². The first kappa shape index (κ1) is 23.4. The molecule has 1 unspecified atom stereocenters. The van der Waals surface area contributed by atoms with E-state index < -0.39 is 11.8 Å². The summed E-state index contributed by atoms with van der Waals surface area (Å²) in [6.45, 7) is 1.31. The van der Waals surface area contributed by atoms with Crippen molar-refractivity contribution in [2.45, 2.75) is 25.7 Å². The third kappa shape index (κ3) is 6.19. The Kier molecular flexibility index (Phi) is 7.87. The van der Waals surface area contributed by atoms with Crippen molar-refractivity contribution in [3.05, 3.63) is 102 Å². The summed E-state index contributed by atoms with van der Waals surface area (Å²) in [4.78, 5) is 41.3. The minimum absolute atomic E-state index is 0.129. The molecule has 4 rings (SSSR count). The summed E-state index contributed by atoms with van der Waals surface area (Å²) in [5, 5.41) is 2.80. The van der Waals surface area contributed by atoms with Crippen molar-refractivity contribution in [1.82, 2.24) is 4.90 Å². The molecule has 1 atom stereocenters. The lowest BCUT2D eigenvalue weighted by atomic mass is 9.89. The van der Waals surface area contributed by atoms with Crippen LogP contribution >= 0.6 is 0 Å². The van der Waals surface area contributed by atoms with Gasteiger partial charge in [-0.25, -0.2) is 0 Å². The highest BCUT2D eigenvalue weighted by Gasteiger charge is 2.33. The van der Waals surface area contributed by atoms with Gasteiger partial charge in [-0.05, 0) is 42.9 Å². The Bertz CT molecular complexity index is 1090. The molecule has 5 nitrogen and oxygen atoms in total. The summed E-state index contributed by atoms with van der Waals surface area (Å²) in [5.41, 5.74) is 2.36. The molecule has 1 aliphatic rings. The molecule has 0 radical (unpaired) electrons. The number of amides is 2. The molecule has 1 saturated heterocycles. The van der Waals surface area contributed by atoms with Crippen LogP contribution in [0.4, 0.5) is 5.69 Å². The van der Waals surface area contributed by atoms with Gasteiger partial charge >= 0.3 is 0 Å². The van der Waals surface area contributed by atoms with Crippen LogP contribution in [0.3, 0.4) is 0 Å². The third-order valence-corrected chi connectivity index (χ3v) is 6.45. The fraction of sp³-hybridized carbons (Fsp3) is 0.276. The standard InChI is InChI=1S/C29H30N2O3/c32-27(31-18-16-23(17-19-31)20-22-10-4-1-5-11-22)21-26(28(33)24-12-6-2-7-13-24)29(34)30-25-14-8-3-9-15-25/h1-15,23,26H,16-21H2,(H,30,34). The molecule has 34 heavy (non-hydrogen) atoms. The monoisotopic (exact) mass is 454 g/mol. The van der Waals surface area contributed by atoms with E-state index in [4.69, 9.17) is 0 Å². The number of hydrogen-bond donors (Lipinski definition) is 1. The van der Waals surface area contributed by atoms with Gasteiger partial charge < -0.3 is 10.2 Å². The Labute approximate surface area is 200 Å². The Morgan fingerprint density at radius 2 is 1.35 bits per heavy atom. The van der Waals surface area contributed by atoms with Crippen LogP contribution in [0, 0.1) is 11.8 Å². The first-order valence-corrected chi connectivity index (χ1v) is 11.9. The van der Waals surface area contributed by atoms with Crippen LogP contribution in [-0.4, -0.2) is 35.6 Å². The van der Waals surface area contributed by atoms with E-state index in [2.05, 4.69) is 29.6 Å². The van der Waals surface area contributed by atoms with E-state index in [0.717, 1.165) is 19.3 Å². The summed E-state index contributed by atoms with van der Waals surface area (Å²) in [7, 11) is 0. The maximum Gasteiger partial charge on any atom is 0.235 e. The second kappa shape index (κ2) is 11.4. The van der Waals surface area contributed by atoms with E-state index in [1.54, 1.807) is 36.4 Å². The van der Waals surface area contributed by atoms with Crippen molar-refractivity contribution in [3.8, 4) is 0 Å². The summed E-state index contributed by atoms with van der Waals surface area (Å²) in [6, 6.07) is 28.1. The largest absolute Gasteiger partial charge is 0.343 e. The molecule has 0 saturated carbocycles. The first-order chi connectivity index (χ1) is 16.6. The lowest BCUT2D eigenvalue weighted by molar-refractivity contribution is -0.135. The predicted octanol–water partition coefficient (Wildman–Crippen LogP) is 5.00. The van der Waals surface area contributed by atoms with Crippen LogP contribution in [0.25, 0.3) is 0 Å². The van der Waals surface area contributed by atoms with E-state index in [1.165, 1.54) is 5.56 Å². The van der Waals surface area contributed by atoms with Crippen molar-refractivity contribution in [2.24, 2.45) is 11.8 Å². The average Bonchev–Trinajstić information content (AvgIpc) is 2.89. The van der Waals surface area contributed by atoms with E-state index >= 15 is 0 Å². The number of anilines is 1. The topological polar surface area (TPSA) is 66.5 Å². The van der Waals surface area contributed by atoms with Gasteiger partial charge in [0.1, 0.15) is 5.92 Å². The fourth-order valence-corrected chi connectivity index (χ4v) is 4.50. The molecule has 1 aliphatic heterocycles. The highest BCUT2D eigenvalue weighted by Crippen LogP contribution is 2.24. The SMILES string of the molecule is O=C(Nc1ccccc1)C(CC(=O)N1CCC(Cc2ccccc2)CC1)C(=O)c1ccccc1. The average molecular weight is 455 g/mol. The van der Waals surface area contributed by atoms with Gasteiger partial charge in [0.15, 0.2) is 5.78 Å². The van der Waals surface area contributed by atoms with E-state index in [9.17, 15) is 14.4 Å². The molecule has 2 amide bonds. The van der Waals surface area contributed by atoms with Gasteiger partial charge in [-0.2, -0.15) is 0 Å². The number of para-hydroxylation sites is 1. The molecule has 3 aromatic rings. The third-order valence-electron chi connectivity index (χ3n) is 6.45. The highest BCUT2D eigenvalue weighted by molar-refractivity contribution is 6.15. The number of carbonyl (C=O) groups is 3. The number of rotatable bonds is 8. The number of Topliss-reactive ketones (excluding diaryl/α,β-unsaturated/α-hetero) is 1. The van der Waals surface area contributed by atoms with E-state index in [-0.39, 0.29) is 18.1 Å². The van der Waals surface area contributed by atoms with Crippen molar-refractivity contribution in [1.29, 1.82) is 0 Å². The Morgan fingerprint density at radius 3 is 1.97 bits per heavy atom. The number of nitrogens with zero attached hydrogens (tertiary/aromatic N) is 1. The number of hydrogen-bond acceptors (Lipinski definition) is 3. The van der Waals surface area contributed by atoms with Crippen molar-refractivity contribution < 1.29 is 14.4 Å². The fourth-order valence-electron chi connectivity index (χ4n) is 4.50. The van der Waals surface area contributed by atoms with Crippen LogP contribution in [-0.2, 0) is 16.0 Å². The van der Waals surface area contributed by atoms with Crippen molar-refractivity contribution in [2.75, 3.05) is 18.4 Å². The normalized spacial score (nSPS) is 14.9. The number of piperidine rings is 1. The van der Waals surface area contributed by atoms with E-state index in [0.29, 0.717) is 30.3 Å². The molecule has 5 heteroatoms. The number of benzene rings is 3. The minimum Gasteiger partial charge on any atom is -0.343 e. The molecule has 1 heterocycles. The summed E-state index contributed by atoms with van der Waals surface area (Å²) >= 11 is 0. The van der Waals surface area contributed by atoms with Gasteiger partial charge in [0, 0.05) is 30.8 Å². The maximum absolute atomic E-state index is 13.2. The van der Waals surface area contributed by atoms with Gasteiger partial charge in [0.2, 0.25) is 11.8 Å². The smallest absolute Gasteiger partial charge is 0.235 e. The molecule has 1 N–H and O–H groups in total. The van der Waals surface area contributed by atoms with Crippen molar-refractivity contribution >= 4 is 23.3 Å². The van der Waals surface area contributed by atoms with Crippen LogP contribution in [0.1, 0.15) is 35.2 Å². The molecule has 174 valence electrons. The van der Waals surface area contributed by atoms with Crippen molar-refractivity contribution in [3.63, 3.8) is 0 Å². The summed E-state index contributed by atoms with van der Waals surface area (Å²) in [5.74, 6) is -1.46. The number of nitrogens with one attached hydrogen (secondary N) is 1. The van der Waals surface area contributed by atoms with Gasteiger partial charge in [-0.15, -0.1) is 0 Å². The van der Waals surface area contributed by atoms with Gasteiger partial charge in [-0.1, -0.05) is 78.9 Å². The van der Waals surface area contributed by atoms with Gasteiger partial charge in [-0.3, -0.25) is 14.4 Å². The maximum atomic E-state index is 13.2. The zero-order valence-corrected chi connectivity index (χ0v) is 19.2. The second-order valence-corrected chi connectivity index (χ2v) is 8.86. The quantitative estimate of drug-likeness (QED) is 0.385. The lowest BCUT2D eigenvalue weighted by Crippen LogP contribution is -2.42. The number of carbonyl (C=O) groups excluding carboxylic acids is 3. The molecule has 0 spiro atoms. The molecule has 0 aromatic heterocycles. The highest BCUT2D eigenvalue weighted by atomic mass is 16.2. The minimum atomic E-state index is -1.07. The Balaban J connectivity index is 1.40. The molecule has 0 bridgehead atoms. The molecular formula is C29H30N2O3. The van der Waals surface area contributed by atoms with Crippen LogP contribution in [0.15, 0.2) is 91.0 Å². The van der Waals surface area contributed by atoms with E-state index in [1.807, 2.05) is 35.2 Å². The number of ketones is 1. The predicted molar refractivity (Wildman–Crippen MR) is 133 cm³/mol. The number of likely N-dealkylation sites (tertiary alicyclic amines) is 1. The molecule has 3 aromatic carbocycles. The zero-order chi connectivity index (χ0) is 23.8. The van der Waals surface area contributed by atoms with Gasteiger partial charge in [0.05, 0.1) is 0 Å². The van der Waals surface area contributed by atoms with Crippen LogP contribution in [0.2, 0.25) is 0 Å². The summed E-state index contributed by atoms with van der Waals surface area (Å²) in [6.07, 6.45) is 2.73. The molecular weight excluding hydrogens is 424 g/mol. The van der Waals surface area contributed by atoms with Crippen LogP contribution in [0.5, 0.6) is 0 Å². The first-order valence-electron chi connectivity index (χ1n) is 11.9. The second-order valence-electron chi connectivity index (χ2n) is 8.86. The molecule has 0 aliphatic carbocycles. The Morgan fingerprint density at radius 1 is 0.794 bits per heavy atom. The molecule has 1 fully saturated rings. The lowest BCUT2D eigenvalue weighted by Gasteiger charge is -2.33. The van der Waals surface area contributed by atoms with Gasteiger partial charge in [0.25, 0.3) is 0 Å². The summed E-state index contributed by atoms with van der Waals surface area (Å²) < 4.78 is 0.